The molecule has 0 fully saturated rings. The number of aliphatic carboxylic acids is 1. The molecule has 0 aromatic heterocycles. The molecule has 0 aliphatic carbocycles. The van der Waals surface area contributed by atoms with Crippen LogP contribution in [0.25, 0.3) is 0 Å². The van der Waals surface area contributed by atoms with Gasteiger partial charge in [-0.1, -0.05) is 105 Å². The van der Waals surface area contributed by atoms with E-state index in [4.69, 9.17) is 0 Å². The van der Waals surface area contributed by atoms with Gasteiger partial charge in [-0.15, -0.1) is 0 Å². The molecule has 0 radical (unpaired) electrons. The Morgan fingerprint density at radius 1 is 0.714 bits per heavy atom. The van der Waals surface area contributed by atoms with E-state index in [0.29, 0.717) is 5.29 Å². The molecule has 3 heteroatoms. The monoisotopic (exact) mass is 390 g/mol. The highest BCUT2D eigenvalue weighted by molar-refractivity contribution is 7.96. The van der Waals surface area contributed by atoms with Crippen LogP contribution in [0.15, 0.2) is 91.0 Å². The van der Waals surface area contributed by atoms with Gasteiger partial charge in [-0.25, -0.2) is 4.79 Å². The van der Waals surface area contributed by atoms with Gasteiger partial charge in [0.15, 0.2) is 0 Å². The van der Waals surface area contributed by atoms with Crippen LogP contribution in [-0.2, 0) is 4.79 Å². The van der Waals surface area contributed by atoms with E-state index in [1.807, 2.05) is 54.6 Å². The minimum absolute atomic E-state index is 0.0199. The summed E-state index contributed by atoms with van der Waals surface area (Å²) in [7, 11) is 0. The van der Waals surface area contributed by atoms with Gasteiger partial charge in [0.05, 0.1) is 0 Å². The molecule has 0 amide bonds. The highest BCUT2D eigenvalue weighted by atomic mass is 31.2. The highest BCUT2D eigenvalue weighted by Gasteiger charge is 2.35. The van der Waals surface area contributed by atoms with E-state index in [-0.39, 0.29) is 5.92 Å². The number of rotatable bonds is 7. The van der Waals surface area contributed by atoms with Crippen molar-refractivity contribution in [2.24, 2.45) is 5.92 Å². The average Bonchev–Trinajstić information content (AvgIpc) is 2.76. The Morgan fingerprint density at radius 3 is 1.29 bits per heavy atom. The largest absolute Gasteiger partial charge is 0.478 e. The van der Waals surface area contributed by atoms with Crippen LogP contribution in [0, 0.1) is 5.92 Å². The van der Waals surface area contributed by atoms with Crippen LogP contribution >= 0.6 is 6.89 Å². The molecule has 0 aliphatic rings. The molecule has 3 aromatic rings. The van der Waals surface area contributed by atoms with Crippen LogP contribution in [0.5, 0.6) is 0 Å². The van der Waals surface area contributed by atoms with Crippen molar-refractivity contribution in [1.82, 2.24) is 0 Å². The molecule has 0 aliphatic heterocycles. The van der Waals surface area contributed by atoms with Crippen LogP contribution in [0.3, 0.4) is 0 Å². The summed E-state index contributed by atoms with van der Waals surface area (Å²) in [6, 6.07) is 30.7. The van der Waals surface area contributed by atoms with E-state index in [1.54, 1.807) is 0 Å². The quantitative estimate of drug-likeness (QED) is 0.595. The normalized spacial score (nSPS) is 11.4. The molecule has 0 saturated heterocycles. The number of carbonyl (C=O) groups is 1. The van der Waals surface area contributed by atoms with Crippen molar-refractivity contribution >= 4 is 34.1 Å². The van der Waals surface area contributed by atoms with Gasteiger partial charge in [-0.2, -0.15) is 0 Å². The first kappa shape index (κ1) is 20.2. The lowest BCUT2D eigenvalue weighted by Crippen LogP contribution is -2.37. The van der Waals surface area contributed by atoms with E-state index in [0.717, 1.165) is 28.8 Å². The first-order valence-corrected chi connectivity index (χ1v) is 11.6. The second kappa shape index (κ2) is 9.08. The average molecular weight is 390 g/mol. The first-order chi connectivity index (χ1) is 13.7. The summed E-state index contributed by atoms with van der Waals surface area (Å²) in [4.78, 5) is 12.8. The number of hydrogen-bond donors (Lipinski definition) is 1. The summed E-state index contributed by atoms with van der Waals surface area (Å²) in [6.07, 6.45) is 1.62. The maximum atomic E-state index is 12.8. The first-order valence-electron chi connectivity index (χ1n) is 9.82. The van der Waals surface area contributed by atoms with Crippen LogP contribution in [-0.4, -0.2) is 16.4 Å². The predicted molar refractivity (Wildman–Crippen MR) is 122 cm³/mol. The molecule has 1 N–H and O–H groups in total. The smallest absolute Gasteiger partial charge is 0.332 e. The van der Waals surface area contributed by atoms with Gasteiger partial charge in [-0.05, 0) is 41.6 Å². The van der Waals surface area contributed by atoms with E-state index in [2.05, 4.69) is 50.2 Å². The predicted octanol–water partition coefficient (Wildman–Crippen LogP) is 4.67. The molecular formula is C25H27O2P. The topological polar surface area (TPSA) is 37.3 Å². The zero-order valence-corrected chi connectivity index (χ0v) is 17.3. The van der Waals surface area contributed by atoms with Crippen molar-refractivity contribution in [2.45, 2.75) is 26.7 Å². The van der Waals surface area contributed by atoms with Crippen LogP contribution < -0.4 is 15.9 Å². The molecule has 2 nitrogen and oxygen atoms in total. The van der Waals surface area contributed by atoms with E-state index in [1.165, 1.54) is 0 Å². The van der Waals surface area contributed by atoms with Gasteiger partial charge in [-0.3, -0.25) is 0 Å². The third kappa shape index (κ3) is 3.57. The fraction of sp³-hybridized carbons (Fsp3) is 0.200. The van der Waals surface area contributed by atoms with Crippen LogP contribution in [0.4, 0.5) is 0 Å². The lowest BCUT2D eigenvalue weighted by Gasteiger charge is -2.34. The minimum atomic E-state index is -2.49. The number of hydrogen-bond acceptors (Lipinski definition) is 1. The minimum Gasteiger partial charge on any atom is -0.478 e. The number of benzene rings is 3. The summed E-state index contributed by atoms with van der Waals surface area (Å²) < 4.78 is 0. The molecule has 0 saturated carbocycles. The Hall–Kier alpha value is -2.57. The second-order valence-electron chi connectivity index (χ2n) is 6.88. The van der Waals surface area contributed by atoms with Crippen molar-refractivity contribution in [3.05, 3.63) is 91.0 Å². The van der Waals surface area contributed by atoms with Crippen molar-refractivity contribution in [3.8, 4) is 0 Å². The van der Waals surface area contributed by atoms with E-state index < -0.39 is 12.9 Å². The van der Waals surface area contributed by atoms with Gasteiger partial charge >= 0.3 is 5.97 Å². The van der Waals surface area contributed by atoms with Gasteiger partial charge < -0.3 is 5.11 Å². The van der Waals surface area contributed by atoms with Gasteiger partial charge in [0.2, 0.25) is 0 Å². The molecule has 0 heterocycles. The summed E-state index contributed by atoms with van der Waals surface area (Å²) in [5.74, 6) is -0.759. The lowest BCUT2D eigenvalue weighted by atomic mass is 10.00. The van der Waals surface area contributed by atoms with Crippen molar-refractivity contribution in [1.29, 1.82) is 0 Å². The number of carboxylic acid groups (broad SMARTS) is 1. The Balaban J connectivity index is 2.62. The molecule has 3 rings (SSSR count). The van der Waals surface area contributed by atoms with Crippen LogP contribution in [0.2, 0.25) is 0 Å². The highest BCUT2D eigenvalue weighted by Crippen LogP contribution is 2.48. The van der Waals surface area contributed by atoms with Crippen molar-refractivity contribution < 1.29 is 9.90 Å². The van der Waals surface area contributed by atoms with E-state index >= 15 is 0 Å². The Kier molecular flexibility index (Phi) is 6.54. The zero-order chi connectivity index (χ0) is 20.0. The van der Waals surface area contributed by atoms with Gasteiger partial charge in [0, 0.05) is 5.29 Å². The third-order valence-electron chi connectivity index (χ3n) is 5.38. The molecule has 0 unspecified atom stereocenters. The van der Waals surface area contributed by atoms with Crippen molar-refractivity contribution in [3.63, 3.8) is 0 Å². The van der Waals surface area contributed by atoms with E-state index in [9.17, 15) is 9.90 Å². The third-order valence-corrected chi connectivity index (χ3v) is 9.88. The summed E-state index contributed by atoms with van der Waals surface area (Å²) in [5.41, 5.74) is 0. The Bertz CT molecular complexity index is 856. The maximum Gasteiger partial charge on any atom is 0.332 e. The Labute approximate surface area is 167 Å². The fourth-order valence-electron chi connectivity index (χ4n) is 4.09. The summed E-state index contributed by atoms with van der Waals surface area (Å²) in [5, 5.41) is 14.5. The molecule has 3 aromatic carbocycles. The summed E-state index contributed by atoms with van der Waals surface area (Å²) in [6.45, 7) is 1.69. The SMILES string of the molecule is CCC(CC)C(C(=O)O)=P(c1ccccc1)(c1ccccc1)c1ccccc1. The maximum absolute atomic E-state index is 12.8. The molecular weight excluding hydrogens is 363 g/mol. The Morgan fingerprint density at radius 2 is 1.04 bits per heavy atom. The summed E-state index contributed by atoms with van der Waals surface area (Å²) >= 11 is 0. The molecule has 0 spiro atoms. The van der Waals surface area contributed by atoms with Gasteiger partial charge in [0.1, 0.15) is 0 Å². The standard InChI is InChI=1S/C25H27O2P/c1-3-20(4-2)24(25(26)27)28(21-14-8-5-9-15-21,22-16-10-6-11-17-22)23-18-12-7-13-19-23/h5-20H,3-4H2,1-2H3,(H,26,27). The second-order valence-corrected chi connectivity index (χ2v) is 10.3. The van der Waals surface area contributed by atoms with Crippen molar-refractivity contribution in [2.75, 3.05) is 0 Å². The molecule has 144 valence electrons. The van der Waals surface area contributed by atoms with Crippen LogP contribution in [0.1, 0.15) is 26.7 Å². The lowest BCUT2D eigenvalue weighted by molar-refractivity contribution is -0.129. The molecule has 0 atom stereocenters. The molecule has 28 heavy (non-hydrogen) atoms. The fourth-order valence-corrected chi connectivity index (χ4v) is 8.87. The number of carboxylic acids is 1. The zero-order valence-electron chi connectivity index (χ0n) is 16.5. The van der Waals surface area contributed by atoms with Gasteiger partial charge in [0.25, 0.3) is 0 Å². The molecule has 0 bridgehead atoms.